The van der Waals surface area contributed by atoms with E-state index >= 15 is 0 Å². The van der Waals surface area contributed by atoms with Crippen molar-refractivity contribution in [3.8, 4) is 0 Å². The molecule has 1 heterocycles. The number of carbonyl (C=O) groups excluding carboxylic acids is 8. The van der Waals surface area contributed by atoms with E-state index in [9.17, 15) is 42.9 Å². The number of cyclic esters (lactones) is 2. The molecule has 1 aliphatic rings. The number of esters is 2. The van der Waals surface area contributed by atoms with Gasteiger partial charge in [0, 0.05) is 45.0 Å². The van der Waals surface area contributed by atoms with Gasteiger partial charge in [-0.3, -0.25) is 28.5 Å². The maximum atomic E-state index is 14.3. The van der Waals surface area contributed by atoms with Crippen LogP contribution in [0.1, 0.15) is 126 Å². The molecule has 2 rings (SSSR count). The number of alkyl carbamates (subject to hydrolysis) is 1. The zero-order valence-corrected chi connectivity index (χ0v) is 46.2. The van der Waals surface area contributed by atoms with Gasteiger partial charge >= 0.3 is 25.9 Å². The maximum absolute atomic E-state index is 14.3. The average molecular weight is 1060 g/mol. The fourth-order valence-corrected chi connectivity index (χ4v) is 8.37. The highest BCUT2D eigenvalue weighted by Crippen LogP contribution is 2.36. The van der Waals surface area contributed by atoms with Crippen LogP contribution in [0.15, 0.2) is 53.6 Å². The molecular weight excluding hydrogens is 980 g/mol. The number of hydrogen-bond acceptors (Lipinski definition) is 13. The van der Waals surface area contributed by atoms with Crippen LogP contribution in [0.2, 0.25) is 0 Å². The average Bonchev–Trinajstić information content (AvgIpc) is 3.34. The Morgan fingerprint density at radius 3 is 2.12 bits per heavy atom. The molecule has 2 unspecified atom stereocenters. The van der Waals surface area contributed by atoms with E-state index in [0.29, 0.717) is 49.7 Å². The van der Waals surface area contributed by atoms with Crippen molar-refractivity contribution >= 4 is 55.4 Å². The van der Waals surface area contributed by atoms with Crippen molar-refractivity contribution in [3.63, 3.8) is 0 Å². The lowest BCUT2D eigenvalue weighted by molar-refractivity contribution is -0.155. The molecule has 74 heavy (non-hydrogen) atoms. The van der Waals surface area contributed by atoms with E-state index in [4.69, 9.17) is 24.0 Å². The second-order valence-corrected chi connectivity index (χ2v) is 20.8. The van der Waals surface area contributed by atoms with Gasteiger partial charge in [-0.25, -0.2) is 18.9 Å². The van der Waals surface area contributed by atoms with Crippen molar-refractivity contribution in [2.45, 2.75) is 170 Å². The molecule has 0 saturated heterocycles. The summed E-state index contributed by atoms with van der Waals surface area (Å²) in [4.78, 5) is 131. The van der Waals surface area contributed by atoms with Gasteiger partial charge in [-0.2, -0.15) is 0 Å². The van der Waals surface area contributed by atoms with Gasteiger partial charge in [0.15, 0.2) is 6.10 Å². The Hall–Kier alpha value is -5.63. The van der Waals surface area contributed by atoms with Crippen molar-refractivity contribution in [2.75, 3.05) is 33.8 Å². The molecule has 1 aromatic carbocycles. The third kappa shape index (κ3) is 22.5. The predicted molar refractivity (Wildman–Crippen MR) is 276 cm³/mol. The lowest BCUT2D eigenvalue weighted by Crippen LogP contribution is -2.57. The lowest BCUT2D eigenvalue weighted by atomic mass is 9.90. The number of allylic oxidation sites excluding steroid dienone is 1. The van der Waals surface area contributed by atoms with Crippen molar-refractivity contribution in [1.29, 1.82) is 0 Å². The largest absolute Gasteiger partial charge is 0.469 e. The summed E-state index contributed by atoms with van der Waals surface area (Å²) in [5.41, 5.74) is 1.35. The summed E-state index contributed by atoms with van der Waals surface area (Å²) in [6, 6.07) is 4.20. The minimum Gasteiger partial charge on any atom is -0.456 e. The summed E-state index contributed by atoms with van der Waals surface area (Å²) in [6.07, 6.45) is 2.56. The number of rotatable bonds is 17. The predicted octanol–water partition coefficient (Wildman–Crippen LogP) is 5.03. The molecule has 0 spiro atoms. The van der Waals surface area contributed by atoms with Gasteiger partial charge in [0.25, 0.3) is 5.91 Å². The highest BCUT2D eigenvalue weighted by Gasteiger charge is 2.38. The van der Waals surface area contributed by atoms with E-state index in [-0.39, 0.29) is 43.9 Å². The summed E-state index contributed by atoms with van der Waals surface area (Å²) in [6.45, 7) is 16.4. The fourth-order valence-electron chi connectivity index (χ4n) is 8.00. The number of phosphoric ester groups is 1. The van der Waals surface area contributed by atoms with Gasteiger partial charge in [0.2, 0.25) is 23.6 Å². The van der Waals surface area contributed by atoms with E-state index in [1.807, 2.05) is 20.8 Å². The third-order valence-corrected chi connectivity index (χ3v) is 13.4. The molecule has 0 fully saturated rings. The Labute approximate surface area is 436 Å². The second-order valence-electron chi connectivity index (χ2n) is 19.6. The molecule has 1 aromatic rings. The Kier molecular flexibility index (Phi) is 27.8. The number of phosphoric acid groups is 1. The number of likely N-dealkylation sites (N-methyl/N-ethyl adjacent to an activating group) is 2. The molecular formula is C52H83N6O15P. The van der Waals surface area contributed by atoms with E-state index < -0.39 is 116 Å². The second kappa shape index (κ2) is 32.0. The summed E-state index contributed by atoms with van der Waals surface area (Å²) < 4.78 is 33.2. The first-order valence-corrected chi connectivity index (χ1v) is 27.0. The smallest absolute Gasteiger partial charge is 0.456 e. The first-order chi connectivity index (χ1) is 34.7. The Bertz CT molecular complexity index is 2150. The van der Waals surface area contributed by atoms with Crippen molar-refractivity contribution in [3.05, 3.63) is 59.2 Å². The van der Waals surface area contributed by atoms with Gasteiger partial charge in [-0.05, 0) is 76.9 Å². The van der Waals surface area contributed by atoms with Crippen LogP contribution in [0.25, 0.3) is 0 Å². The van der Waals surface area contributed by atoms with Crippen molar-refractivity contribution in [2.24, 2.45) is 17.8 Å². The highest BCUT2D eigenvalue weighted by molar-refractivity contribution is 7.46. The summed E-state index contributed by atoms with van der Waals surface area (Å²) in [5.74, 6) is -6.40. The van der Waals surface area contributed by atoms with Gasteiger partial charge in [-0.15, -0.1) is 0 Å². The number of unbranched alkanes of at least 4 members (excludes halogenated alkanes) is 4. The molecule has 416 valence electrons. The standard InChI is InChI=1S/C52H83N6O15P/c1-13-33(5)44-47(61)55-38(10)51(65)73-45(34(6)14-2)36(8)41(72-52(66)53-27-21-16-15-17-22-28-70-74(67,68)69)26-25-35(7)50(64)71-42(29-32(3)4)46(60)54-37(9)48(62)58(12)40(30-39-23-19-18-20-24-39)49(63)57(11)31-43(59)56-44/h14,18-20,23-25,32-33,36-38,40-42,44-45H,13,15-17,21-22,26-31H2,1-12H3,(H,53,66)(H,54,60)(H,55,61)(H,56,59)(H2,67,68,69)/b34-14+,35-25+/t33?,36-,37-,38+,40+,41-,42+,44-,45?/m0/s1. The van der Waals surface area contributed by atoms with E-state index in [1.165, 1.54) is 45.8 Å². The zero-order chi connectivity index (χ0) is 55.9. The minimum atomic E-state index is -4.53. The molecule has 1 aliphatic heterocycles. The molecule has 0 bridgehead atoms. The number of nitrogens with one attached hydrogen (secondary N) is 4. The van der Waals surface area contributed by atoms with Crippen LogP contribution in [0.3, 0.4) is 0 Å². The van der Waals surface area contributed by atoms with Crippen LogP contribution < -0.4 is 21.3 Å². The number of ether oxygens (including phenoxy) is 3. The highest BCUT2D eigenvalue weighted by atomic mass is 31.2. The van der Waals surface area contributed by atoms with Crippen LogP contribution in [0.4, 0.5) is 4.79 Å². The number of benzene rings is 1. The molecule has 6 amide bonds. The molecule has 9 atom stereocenters. The van der Waals surface area contributed by atoms with Crippen molar-refractivity contribution in [1.82, 2.24) is 31.1 Å². The summed E-state index contributed by atoms with van der Waals surface area (Å²) >= 11 is 0. The maximum Gasteiger partial charge on any atom is 0.469 e. The van der Waals surface area contributed by atoms with Gasteiger partial charge < -0.3 is 55.1 Å². The lowest BCUT2D eigenvalue weighted by Gasteiger charge is -2.33. The zero-order valence-electron chi connectivity index (χ0n) is 45.3. The first kappa shape index (κ1) is 64.5. The van der Waals surface area contributed by atoms with Crippen LogP contribution in [0.5, 0.6) is 0 Å². The van der Waals surface area contributed by atoms with Crippen LogP contribution in [-0.2, 0) is 63.3 Å². The molecule has 0 aromatic heterocycles. The Balaban J connectivity index is 2.61. The van der Waals surface area contributed by atoms with E-state index in [0.717, 1.165) is 4.90 Å². The van der Waals surface area contributed by atoms with Crippen molar-refractivity contribution < 1.29 is 71.4 Å². The van der Waals surface area contributed by atoms with Gasteiger partial charge in [0.05, 0.1) is 13.2 Å². The number of amides is 6. The number of carbonyl (C=O) groups is 8. The van der Waals surface area contributed by atoms with Crippen LogP contribution in [-0.4, -0.2) is 143 Å². The number of nitrogens with zero attached hydrogens (tertiary/aromatic N) is 2. The summed E-state index contributed by atoms with van der Waals surface area (Å²) in [7, 11) is -1.72. The van der Waals surface area contributed by atoms with Gasteiger partial charge in [-0.1, -0.05) is 103 Å². The normalized spacial score (nSPS) is 25.5. The van der Waals surface area contributed by atoms with Crippen LogP contribution in [0, 0.1) is 17.8 Å². The monoisotopic (exact) mass is 1060 g/mol. The Morgan fingerprint density at radius 2 is 1.51 bits per heavy atom. The SMILES string of the molecule is C/C=C(\C)C1OC(=O)[C@@H](C)NC(=O)[C@H](C(C)CC)NC(=O)CN(C)C(=O)[C@@H](Cc2ccccc2)N(C)C(=O)[C@H](C)NC(=O)[C@@H](CC(C)C)OC(=O)/C(C)=C/C[C@H](OC(=O)NCCCCCCCOP(=O)(O)O)[C@@H]1C. The molecule has 22 heteroatoms. The Morgan fingerprint density at radius 1 is 0.892 bits per heavy atom. The minimum absolute atomic E-state index is 0.0508. The number of hydrogen-bond donors (Lipinski definition) is 6. The topological polar surface area (TPSA) is 286 Å². The molecule has 6 N–H and O–H groups in total. The molecule has 0 saturated carbocycles. The van der Waals surface area contributed by atoms with Crippen LogP contribution >= 0.6 is 7.82 Å². The quantitative estimate of drug-likeness (QED) is 0.0392. The van der Waals surface area contributed by atoms with E-state index in [1.54, 1.807) is 64.1 Å². The third-order valence-electron chi connectivity index (χ3n) is 12.9. The molecule has 21 nitrogen and oxygen atoms in total. The summed E-state index contributed by atoms with van der Waals surface area (Å²) in [5, 5.41) is 10.8. The first-order valence-electron chi connectivity index (χ1n) is 25.5. The van der Waals surface area contributed by atoms with Gasteiger partial charge in [0.1, 0.15) is 36.4 Å². The molecule has 0 aliphatic carbocycles. The van der Waals surface area contributed by atoms with E-state index in [2.05, 4.69) is 25.8 Å². The fraction of sp³-hybridized carbons (Fsp3) is 0.654. The molecule has 0 radical (unpaired) electrons.